The molecule has 0 unspecified atom stereocenters. The number of aromatic nitrogens is 2. The Morgan fingerprint density at radius 1 is 1.09 bits per heavy atom. The monoisotopic (exact) mass is 297 g/mol. The van der Waals surface area contributed by atoms with E-state index in [1.807, 2.05) is 30.3 Å². The number of hydrogen-bond donors (Lipinski definition) is 1. The van der Waals surface area contributed by atoms with Crippen molar-refractivity contribution >= 4 is 17.5 Å². The van der Waals surface area contributed by atoms with Gasteiger partial charge in [0.2, 0.25) is 5.95 Å². The molecule has 1 saturated heterocycles. The number of carbonyl (C=O) groups excluding carboxylic acids is 1. The van der Waals surface area contributed by atoms with Gasteiger partial charge in [-0.15, -0.1) is 0 Å². The molecular weight excluding hydrogens is 278 g/mol. The Morgan fingerprint density at radius 2 is 1.82 bits per heavy atom. The van der Waals surface area contributed by atoms with Crippen LogP contribution in [0.25, 0.3) is 0 Å². The molecule has 1 amide bonds. The van der Waals surface area contributed by atoms with E-state index in [4.69, 9.17) is 0 Å². The van der Waals surface area contributed by atoms with Crippen molar-refractivity contribution < 1.29 is 4.79 Å². The minimum Gasteiger partial charge on any atom is -0.338 e. The molecular formula is C16H19N5O. The highest BCUT2D eigenvalue weighted by Gasteiger charge is 2.18. The number of anilines is 2. The fourth-order valence-corrected chi connectivity index (χ4v) is 2.35. The molecule has 2 aromatic rings. The molecule has 0 bridgehead atoms. The van der Waals surface area contributed by atoms with Crippen molar-refractivity contribution in [3.8, 4) is 0 Å². The first-order valence-electron chi connectivity index (χ1n) is 7.35. The van der Waals surface area contributed by atoms with Gasteiger partial charge in [-0.3, -0.25) is 4.79 Å². The fourth-order valence-electron chi connectivity index (χ4n) is 2.35. The molecule has 1 aliphatic rings. The molecule has 1 fully saturated rings. The normalized spacial score (nSPS) is 15.6. The molecule has 0 atom stereocenters. The first-order chi connectivity index (χ1) is 10.7. The van der Waals surface area contributed by atoms with Gasteiger partial charge in [-0.05, 0) is 25.2 Å². The van der Waals surface area contributed by atoms with Gasteiger partial charge in [0.25, 0.3) is 5.91 Å². The number of nitrogens with zero attached hydrogens (tertiary/aromatic N) is 4. The van der Waals surface area contributed by atoms with Gasteiger partial charge in [0.1, 0.15) is 5.69 Å². The summed E-state index contributed by atoms with van der Waals surface area (Å²) in [5.74, 6) is 0.401. The number of benzene rings is 1. The third-order valence-corrected chi connectivity index (χ3v) is 3.69. The standard InChI is InChI=1S/C16H19N5O/c1-20-9-11-21(12-10-20)16-17-8-7-14(19-16)15(22)18-13-5-3-2-4-6-13/h2-8H,9-12H2,1H3,(H,18,22). The minimum atomic E-state index is -0.219. The molecule has 6 heteroatoms. The van der Waals surface area contributed by atoms with Gasteiger partial charge in [0.05, 0.1) is 0 Å². The Kier molecular flexibility index (Phi) is 4.29. The number of carbonyl (C=O) groups is 1. The van der Waals surface area contributed by atoms with Gasteiger partial charge < -0.3 is 15.1 Å². The van der Waals surface area contributed by atoms with E-state index in [-0.39, 0.29) is 5.91 Å². The van der Waals surface area contributed by atoms with E-state index < -0.39 is 0 Å². The van der Waals surface area contributed by atoms with Crippen LogP contribution in [0.4, 0.5) is 11.6 Å². The SMILES string of the molecule is CN1CCN(c2nccc(C(=O)Nc3ccccc3)n2)CC1. The van der Waals surface area contributed by atoms with Crippen molar-refractivity contribution in [3.05, 3.63) is 48.3 Å². The van der Waals surface area contributed by atoms with E-state index in [0.29, 0.717) is 11.6 Å². The molecule has 1 aromatic carbocycles. The highest BCUT2D eigenvalue weighted by atomic mass is 16.1. The average molecular weight is 297 g/mol. The highest BCUT2D eigenvalue weighted by Crippen LogP contribution is 2.12. The first kappa shape index (κ1) is 14.5. The molecule has 6 nitrogen and oxygen atoms in total. The summed E-state index contributed by atoms with van der Waals surface area (Å²) in [6.45, 7) is 3.70. The quantitative estimate of drug-likeness (QED) is 0.930. The Balaban J connectivity index is 1.72. The third-order valence-electron chi connectivity index (χ3n) is 3.69. The molecule has 0 spiro atoms. The molecule has 0 radical (unpaired) electrons. The van der Waals surface area contributed by atoms with Gasteiger partial charge in [0.15, 0.2) is 0 Å². The summed E-state index contributed by atoms with van der Waals surface area (Å²) in [5.41, 5.74) is 1.14. The zero-order chi connectivity index (χ0) is 15.4. The lowest BCUT2D eigenvalue weighted by Gasteiger charge is -2.32. The van der Waals surface area contributed by atoms with E-state index in [2.05, 4.69) is 32.1 Å². The largest absolute Gasteiger partial charge is 0.338 e. The molecule has 114 valence electrons. The van der Waals surface area contributed by atoms with Crippen molar-refractivity contribution in [2.24, 2.45) is 0 Å². The zero-order valence-electron chi connectivity index (χ0n) is 12.6. The van der Waals surface area contributed by atoms with Crippen LogP contribution in [0.1, 0.15) is 10.5 Å². The predicted octanol–water partition coefficient (Wildman–Crippen LogP) is 1.48. The van der Waals surface area contributed by atoms with Crippen LogP contribution in [0.2, 0.25) is 0 Å². The summed E-state index contributed by atoms with van der Waals surface area (Å²) in [4.78, 5) is 25.3. The lowest BCUT2D eigenvalue weighted by Crippen LogP contribution is -2.45. The predicted molar refractivity (Wildman–Crippen MR) is 86.1 cm³/mol. The molecule has 0 saturated carbocycles. The Hall–Kier alpha value is -2.47. The van der Waals surface area contributed by atoms with Crippen LogP contribution in [0.15, 0.2) is 42.6 Å². The maximum absolute atomic E-state index is 12.3. The van der Waals surface area contributed by atoms with Crippen LogP contribution in [-0.2, 0) is 0 Å². The molecule has 1 aliphatic heterocycles. The molecule has 0 aliphatic carbocycles. The lowest BCUT2D eigenvalue weighted by atomic mass is 10.3. The minimum absolute atomic E-state index is 0.219. The van der Waals surface area contributed by atoms with Crippen molar-refractivity contribution in [2.45, 2.75) is 0 Å². The van der Waals surface area contributed by atoms with Crippen molar-refractivity contribution in [1.29, 1.82) is 0 Å². The summed E-state index contributed by atoms with van der Waals surface area (Å²) < 4.78 is 0. The summed E-state index contributed by atoms with van der Waals surface area (Å²) in [6, 6.07) is 11.0. The van der Waals surface area contributed by atoms with Crippen LogP contribution < -0.4 is 10.2 Å². The van der Waals surface area contributed by atoms with E-state index >= 15 is 0 Å². The first-order valence-corrected chi connectivity index (χ1v) is 7.35. The molecule has 22 heavy (non-hydrogen) atoms. The molecule has 1 N–H and O–H groups in total. The Labute approximate surface area is 129 Å². The maximum atomic E-state index is 12.3. The second-order valence-corrected chi connectivity index (χ2v) is 5.35. The number of hydrogen-bond acceptors (Lipinski definition) is 5. The summed E-state index contributed by atoms with van der Waals surface area (Å²) in [5, 5.41) is 2.84. The van der Waals surface area contributed by atoms with E-state index in [1.54, 1.807) is 12.3 Å². The number of piperazine rings is 1. The highest BCUT2D eigenvalue weighted by molar-refractivity contribution is 6.02. The second-order valence-electron chi connectivity index (χ2n) is 5.35. The lowest BCUT2D eigenvalue weighted by molar-refractivity contribution is 0.102. The topological polar surface area (TPSA) is 61.4 Å². The van der Waals surface area contributed by atoms with Crippen LogP contribution >= 0.6 is 0 Å². The molecule has 3 rings (SSSR count). The Morgan fingerprint density at radius 3 is 2.55 bits per heavy atom. The van der Waals surface area contributed by atoms with Crippen molar-refractivity contribution in [2.75, 3.05) is 43.4 Å². The van der Waals surface area contributed by atoms with Gasteiger partial charge in [0, 0.05) is 38.1 Å². The molecule has 1 aromatic heterocycles. The summed E-state index contributed by atoms with van der Waals surface area (Å²) in [7, 11) is 2.10. The van der Waals surface area contributed by atoms with Gasteiger partial charge in [-0.2, -0.15) is 0 Å². The number of likely N-dealkylation sites (N-methyl/N-ethyl adjacent to an activating group) is 1. The maximum Gasteiger partial charge on any atom is 0.274 e. The number of rotatable bonds is 3. The van der Waals surface area contributed by atoms with Gasteiger partial charge >= 0.3 is 0 Å². The van der Waals surface area contributed by atoms with Crippen molar-refractivity contribution in [1.82, 2.24) is 14.9 Å². The van der Waals surface area contributed by atoms with Crippen LogP contribution in [0.3, 0.4) is 0 Å². The van der Waals surface area contributed by atoms with E-state index in [0.717, 1.165) is 31.9 Å². The fraction of sp³-hybridized carbons (Fsp3) is 0.312. The van der Waals surface area contributed by atoms with Crippen LogP contribution in [0, 0.1) is 0 Å². The summed E-state index contributed by atoms with van der Waals surface area (Å²) in [6.07, 6.45) is 1.64. The van der Waals surface area contributed by atoms with Crippen molar-refractivity contribution in [3.63, 3.8) is 0 Å². The number of para-hydroxylation sites is 1. The number of amides is 1. The summed E-state index contributed by atoms with van der Waals surface area (Å²) >= 11 is 0. The zero-order valence-corrected chi connectivity index (χ0v) is 12.6. The Bertz CT molecular complexity index is 638. The average Bonchev–Trinajstić information content (AvgIpc) is 2.56. The van der Waals surface area contributed by atoms with Gasteiger partial charge in [-0.25, -0.2) is 9.97 Å². The van der Waals surface area contributed by atoms with E-state index in [9.17, 15) is 4.79 Å². The third kappa shape index (κ3) is 3.40. The van der Waals surface area contributed by atoms with Crippen LogP contribution in [0.5, 0.6) is 0 Å². The second kappa shape index (κ2) is 6.53. The smallest absolute Gasteiger partial charge is 0.274 e. The molecule has 2 heterocycles. The van der Waals surface area contributed by atoms with Crippen LogP contribution in [-0.4, -0.2) is 54.0 Å². The van der Waals surface area contributed by atoms with E-state index in [1.165, 1.54) is 0 Å². The van der Waals surface area contributed by atoms with Gasteiger partial charge in [-0.1, -0.05) is 18.2 Å². The number of nitrogens with one attached hydrogen (secondary N) is 1.